The largest absolute Gasteiger partial charge is 0.289 e. The molecule has 0 aromatic heterocycles. The third kappa shape index (κ3) is 6.28. The minimum atomic E-state index is 0.0223. The Hall–Kier alpha value is -4.31. The Balaban J connectivity index is 1.51. The van der Waals surface area contributed by atoms with Crippen LogP contribution in [0.25, 0.3) is 22.3 Å². The summed E-state index contributed by atoms with van der Waals surface area (Å²) in [5, 5.41) is 0. The van der Waals surface area contributed by atoms with Crippen LogP contribution in [0.5, 0.6) is 0 Å². The van der Waals surface area contributed by atoms with Crippen molar-refractivity contribution >= 4 is 29.3 Å². The quantitative estimate of drug-likeness (QED) is 0.167. The number of benzene rings is 6. The van der Waals surface area contributed by atoms with Gasteiger partial charge in [0.25, 0.3) is 0 Å². The summed E-state index contributed by atoms with van der Waals surface area (Å²) < 4.78 is 0. The highest BCUT2D eigenvalue weighted by Crippen LogP contribution is 2.45. The molecular weight excluding hydrogens is 549 g/mol. The molecule has 0 radical (unpaired) electrons. The highest BCUT2D eigenvalue weighted by molar-refractivity contribution is 7.99. The first-order valence-electron chi connectivity index (χ1n) is 14.0. The number of rotatable bonds is 8. The van der Waals surface area contributed by atoms with Crippen LogP contribution in [0.15, 0.2) is 165 Å². The Kier molecular flexibility index (Phi) is 8.41. The second kappa shape index (κ2) is 12.7. The number of carbonyl (C=O) groups is 1. The number of hydrogen-bond donors (Lipinski definition) is 0. The van der Waals surface area contributed by atoms with Crippen LogP contribution in [-0.4, -0.2) is 5.78 Å². The first-order valence-corrected chi connectivity index (χ1v) is 15.6. The Morgan fingerprint density at radius 2 is 0.929 bits per heavy atom. The van der Waals surface area contributed by atoms with E-state index in [0.29, 0.717) is 11.1 Å². The smallest absolute Gasteiger partial charge is 0.193 e. The highest BCUT2D eigenvalue weighted by atomic mass is 32.2. The van der Waals surface area contributed by atoms with Crippen LogP contribution < -0.4 is 0 Å². The van der Waals surface area contributed by atoms with E-state index in [1.54, 1.807) is 23.5 Å². The zero-order valence-corrected chi connectivity index (χ0v) is 25.2. The molecule has 1 nitrogen and oxygen atoms in total. The zero-order valence-electron chi connectivity index (χ0n) is 23.6. The van der Waals surface area contributed by atoms with Crippen LogP contribution in [0, 0.1) is 13.8 Å². The second-order valence-electron chi connectivity index (χ2n) is 10.3. The van der Waals surface area contributed by atoms with Crippen LogP contribution in [-0.2, 0) is 0 Å². The Morgan fingerprint density at radius 1 is 0.452 bits per heavy atom. The molecule has 0 heterocycles. The van der Waals surface area contributed by atoms with Crippen LogP contribution in [0.4, 0.5) is 0 Å². The van der Waals surface area contributed by atoms with Crippen LogP contribution in [0.3, 0.4) is 0 Å². The standard InChI is InChI=1S/C39H30OS2/c1-27-13-19-32(20-14-27)41-33-23-17-30(18-24-33)38-36(42-34-21-15-28(2)16-22-34)26-25-35(37(38)29-9-5-3-6-10-29)39(40)31-11-7-4-8-12-31/h3-26H,1-2H3. The molecule has 6 aromatic carbocycles. The van der Waals surface area contributed by atoms with Crippen LogP contribution >= 0.6 is 23.5 Å². The van der Waals surface area contributed by atoms with Gasteiger partial charge in [0.2, 0.25) is 0 Å². The molecule has 0 amide bonds. The van der Waals surface area contributed by atoms with Gasteiger partial charge in [0, 0.05) is 41.8 Å². The summed E-state index contributed by atoms with van der Waals surface area (Å²) in [6.45, 7) is 4.21. The lowest BCUT2D eigenvalue weighted by atomic mass is 9.87. The number of carbonyl (C=O) groups excluding carboxylic acids is 1. The van der Waals surface area contributed by atoms with Gasteiger partial charge < -0.3 is 0 Å². The van der Waals surface area contributed by atoms with Gasteiger partial charge >= 0.3 is 0 Å². The maximum absolute atomic E-state index is 14.0. The van der Waals surface area contributed by atoms with Gasteiger partial charge in [0.1, 0.15) is 0 Å². The average Bonchev–Trinajstić information content (AvgIpc) is 3.04. The fraction of sp³-hybridized carbons (Fsp3) is 0.0513. The molecule has 0 saturated carbocycles. The molecule has 0 saturated heterocycles. The van der Waals surface area contributed by atoms with Gasteiger partial charge in [0.15, 0.2) is 5.78 Å². The Labute approximate surface area is 256 Å². The zero-order chi connectivity index (χ0) is 28.9. The first kappa shape index (κ1) is 27.8. The monoisotopic (exact) mass is 578 g/mol. The summed E-state index contributed by atoms with van der Waals surface area (Å²) in [4.78, 5) is 18.7. The van der Waals surface area contributed by atoms with Gasteiger partial charge in [-0.1, -0.05) is 132 Å². The van der Waals surface area contributed by atoms with E-state index in [0.717, 1.165) is 32.0 Å². The summed E-state index contributed by atoms with van der Waals surface area (Å²) in [5.74, 6) is 0.0223. The predicted molar refractivity (Wildman–Crippen MR) is 178 cm³/mol. The maximum Gasteiger partial charge on any atom is 0.193 e. The lowest BCUT2D eigenvalue weighted by Gasteiger charge is -2.20. The Bertz CT molecular complexity index is 1810. The summed E-state index contributed by atoms with van der Waals surface area (Å²) in [5.41, 5.74) is 8.01. The second-order valence-corrected chi connectivity index (χ2v) is 12.5. The average molecular weight is 579 g/mol. The molecule has 42 heavy (non-hydrogen) atoms. The molecule has 3 heteroatoms. The van der Waals surface area contributed by atoms with Crippen molar-refractivity contribution in [2.45, 2.75) is 33.4 Å². The van der Waals surface area contributed by atoms with Crippen molar-refractivity contribution in [2.24, 2.45) is 0 Å². The third-order valence-electron chi connectivity index (χ3n) is 7.16. The molecular formula is C39H30OS2. The van der Waals surface area contributed by atoms with E-state index in [1.165, 1.54) is 20.9 Å². The molecule has 0 bridgehead atoms. The molecule has 6 aromatic rings. The van der Waals surface area contributed by atoms with Crippen molar-refractivity contribution in [3.8, 4) is 22.3 Å². The lowest BCUT2D eigenvalue weighted by molar-refractivity contribution is 0.103. The van der Waals surface area contributed by atoms with Gasteiger partial charge in [-0.05, 0) is 73.5 Å². The summed E-state index contributed by atoms with van der Waals surface area (Å²) in [6, 6.07) is 49.9. The SMILES string of the molecule is Cc1ccc(Sc2ccc(-c3c(Sc4ccc(C)cc4)ccc(C(=O)c4ccccc4)c3-c3ccccc3)cc2)cc1. The fourth-order valence-electron chi connectivity index (χ4n) is 4.96. The molecule has 0 aliphatic heterocycles. The maximum atomic E-state index is 14.0. The summed E-state index contributed by atoms with van der Waals surface area (Å²) >= 11 is 3.49. The minimum absolute atomic E-state index is 0.0223. The Morgan fingerprint density at radius 3 is 1.50 bits per heavy atom. The molecule has 0 N–H and O–H groups in total. The van der Waals surface area contributed by atoms with Crippen LogP contribution in [0.2, 0.25) is 0 Å². The van der Waals surface area contributed by atoms with E-state index >= 15 is 0 Å². The third-order valence-corrected chi connectivity index (χ3v) is 9.24. The van der Waals surface area contributed by atoms with Crippen molar-refractivity contribution in [1.29, 1.82) is 0 Å². The molecule has 0 aliphatic rings. The fourth-order valence-corrected chi connectivity index (χ4v) is 6.76. The number of hydrogen-bond acceptors (Lipinski definition) is 3. The van der Waals surface area contributed by atoms with Gasteiger partial charge in [-0.3, -0.25) is 4.79 Å². The predicted octanol–water partition coefficient (Wildman–Crippen LogP) is 11.2. The van der Waals surface area contributed by atoms with E-state index in [4.69, 9.17) is 0 Å². The van der Waals surface area contributed by atoms with E-state index in [9.17, 15) is 4.79 Å². The van der Waals surface area contributed by atoms with Gasteiger partial charge in [-0.15, -0.1) is 0 Å². The normalized spacial score (nSPS) is 10.9. The molecule has 0 unspecified atom stereocenters. The lowest BCUT2D eigenvalue weighted by Crippen LogP contribution is -2.05. The van der Waals surface area contributed by atoms with E-state index in [1.807, 2.05) is 54.6 Å². The molecule has 0 atom stereocenters. The van der Waals surface area contributed by atoms with E-state index in [-0.39, 0.29) is 5.78 Å². The van der Waals surface area contributed by atoms with Crippen molar-refractivity contribution in [1.82, 2.24) is 0 Å². The van der Waals surface area contributed by atoms with Crippen molar-refractivity contribution < 1.29 is 4.79 Å². The van der Waals surface area contributed by atoms with E-state index in [2.05, 4.69) is 105 Å². The van der Waals surface area contributed by atoms with Crippen LogP contribution in [0.1, 0.15) is 27.0 Å². The van der Waals surface area contributed by atoms with Crippen molar-refractivity contribution in [2.75, 3.05) is 0 Å². The molecule has 6 rings (SSSR count). The van der Waals surface area contributed by atoms with Crippen molar-refractivity contribution in [3.05, 3.63) is 168 Å². The molecule has 0 spiro atoms. The highest BCUT2D eigenvalue weighted by Gasteiger charge is 2.22. The summed E-state index contributed by atoms with van der Waals surface area (Å²) in [7, 11) is 0. The van der Waals surface area contributed by atoms with E-state index < -0.39 is 0 Å². The first-order chi connectivity index (χ1) is 20.5. The van der Waals surface area contributed by atoms with Gasteiger partial charge in [0.05, 0.1) is 0 Å². The molecule has 0 aliphatic carbocycles. The topological polar surface area (TPSA) is 17.1 Å². The molecule has 0 fully saturated rings. The molecule has 204 valence electrons. The summed E-state index contributed by atoms with van der Waals surface area (Å²) in [6.07, 6.45) is 0. The number of aryl methyl sites for hydroxylation is 2. The van der Waals surface area contributed by atoms with Crippen molar-refractivity contribution in [3.63, 3.8) is 0 Å². The van der Waals surface area contributed by atoms with Gasteiger partial charge in [-0.2, -0.15) is 0 Å². The van der Waals surface area contributed by atoms with Gasteiger partial charge in [-0.25, -0.2) is 0 Å². The number of ketones is 1. The minimum Gasteiger partial charge on any atom is -0.289 e.